The summed E-state index contributed by atoms with van der Waals surface area (Å²) in [6, 6.07) is 24.7. The minimum Gasteiger partial charge on any atom is -0.250 e. The second-order valence-corrected chi connectivity index (χ2v) is 6.59. The first-order chi connectivity index (χ1) is 12.7. The van der Waals surface area contributed by atoms with Crippen LogP contribution in [-0.4, -0.2) is 4.98 Å². The Hall–Kier alpha value is -2.58. The molecule has 0 spiro atoms. The van der Waals surface area contributed by atoms with Crippen molar-refractivity contribution < 1.29 is 0 Å². The molecule has 3 rings (SSSR count). The molecule has 0 saturated carbocycles. The molecule has 0 fully saturated rings. The molecule has 0 amide bonds. The Bertz CT molecular complexity index is 747. The predicted molar refractivity (Wildman–Crippen MR) is 116 cm³/mol. The minimum atomic E-state index is 1.04. The lowest BCUT2D eigenvalue weighted by atomic mass is 10.2. The maximum atomic E-state index is 4.26. The molecule has 0 unspecified atom stereocenters. The highest BCUT2D eigenvalue weighted by Crippen LogP contribution is 2.25. The summed E-state index contributed by atoms with van der Waals surface area (Å²) in [6.07, 6.45) is 7.39. The van der Waals surface area contributed by atoms with E-state index in [1.807, 2.05) is 61.7 Å². The molecule has 1 aromatic heterocycles. The summed E-state index contributed by atoms with van der Waals surface area (Å²) in [7, 11) is 0. The standard InChI is InChI=1S/C12H11NS.C7H8.C5H8/c1-10-5-7-11(8-6-10)14-12-4-2-3-9-13-12;1-7-5-3-2-4-6-7;1-3-5-4-2/h2-9H,1H3;2-6H,1H3;3-5H,1H2,2H3/b;;5-4-. The van der Waals surface area contributed by atoms with Gasteiger partial charge in [-0.2, -0.15) is 0 Å². The molecular weight excluding hydrogens is 334 g/mol. The van der Waals surface area contributed by atoms with E-state index in [0.29, 0.717) is 0 Å². The van der Waals surface area contributed by atoms with Crippen LogP contribution in [0.3, 0.4) is 0 Å². The third-order valence-electron chi connectivity index (χ3n) is 3.15. The largest absolute Gasteiger partial charge is 0.250 e. The molecule has 0 aliphatic heterocycles. The summed E-state index contributed by atoms with van der Waals surface area (Å²) in [5, 5.41) is 1.04. The predicted octanol–water partition coefficient (Wildman–Crippen LogP) is 7.28. The number of hydrogen-bond donors (Lipinski definition) is 0. The summed E-state index contributed by atoms with van der Waals surface area (Å²) < 4.78 is 0. The molecule has 0 bridgehead atoms. The smallest absolute Gasteiger partial charge is 0.101 e. The highest BCUT2D eigenvalue weighted by atomic mass is 32.2. The van der Waals surface area contributed by atoms with Crippen molar-refractivity contribution in [3.63, 3.8) is 0 Å². The van der Waals surface area contributed by atoms with Crippen LogP contribution in [0.4, 0.5) is 0 Å². The van der Waals surface area contributed by atoms with Crippen LogP contribution in [0.1, 0.15) is 18.1 Å². The zero-order valence-corrected chi connectivity index (χ0v) is 16.6. The van der Waals surface area contributed by atoms with Gasteiger partial charge in [0.2, 0.25) is 0 Å². The summed E-state index contributed by atoms with van der Waals surface area (Å²) in [4.78, 5) is 5.49. The lowest BCUT2D eigenvalue weighted by Crippen LogP contribution is -1.77. The normalized spacial score (nSPS) is 9.50. The number of allylic oxidation sites excluding steroid dienone is 3. The molecule has 2 aromatic carbocycles. The van der Waals surface area contributed by atoms with Crippen molar-refractivity contribution in [3.05, 3.63) is 115 Å². The SMILES string of the molecule is C=C/C=C\C.Cc1ccc(Sc2ccccn2)cc1.Cc1ccccc1. The van der Waals surface area contributed by atoms with E-state index in [1.165, 1.54) is 16.0 Å². The topological polar surface area (TPSA) is 12.9 Å². The molecule has 2 heteroatoms. The zero-order chi connectivity index (χ0) is 19.0. The van der Waals surface area contributed by atoms with E-state index < -0.39 is 0 Å². The van der Waals surface area contributed by atoms with Gasteiger partial charge in [0.1, 0.15) is 5.03 Å². The van der Waals surface area contributed by atoms with Gasteiger partial charge in [0.25, 0.3) is 0 Å². The average molecular weight is 362 g/mol. The van der Waals surface area contributed by atoms with Crippen LogP contribution in [0.2, 0.25) is 0 Å². The average Bonchev–Trinajstić information content (AvgIpc) is 2.67. The van der Waals surface area contributed by atoms with Gasteiger partial charge in [0.05, 0.1) is 0 Å². The van der Waals surface area contributed by atoms with Crippen molar-refractivity contribution in [1.29, 1.82) is 0 Å². The lowest BCUT2D eigenvalue weighted by Gasteiger charge is -2.00. The molecule has 0 radical (unpaired) electrons. The highest BCUT2D eigenvalue weighted by molar-refractivity contribution is 7.99. The van der Waals surface area contributed by atoms with Gasteiger partial charge >= 0.3 is 0 Å². The van der Waals surface area contributed by atoms with E-state index in [9.17, 15) is 0 Å². The van der Waals surface area contributed by atoms with E-state index in [4.69, 9.17) is 0 Å². The third kappa shape index (κ3) is 10.3. The van der Waals surface area contributed by atoms with Gasteiger partial charge in [-0.05, 0) is 45.0 Å². The minimum absolute atomic E-state index is 1.04. The van der Waals surface area contributed by atoms with Crippen LogP contribution in [0.5, 0.6) is 0 Å². The van der Waals surface area contributed by atoms with Gasteiger partial charge in [0, 0.05) is 11.1 Å². The molecule has 0 aliphatic carbocycles. The number of rotatable bonds is 3. The summed E-state index contributed by atoms with van der Waals surface area (Å²) in [5.74, 6) is 0. The molecule has 3 aromatic rings. The molecule has 1 nitrogen and oxygen atoms in total. The van der Waals surface area contributed by atoms with E-state index in [-0.39, 0.29) is 0 Å². The molecule has 0 saturated heterocycles. The Balaban J connectivity index is 0.000000235. The van der Waals surface area contributed by atoms with Gasteiger partial charge in [0.15, 0.2) is 0 Å². The Morgan fingerprint density at radius 1 is 0.808 bits per heavy atom. The summed E-state index contributed by atoms with van der Waals surface area (Å²) in [5.41, 5.74) is 2.61. The maximum absolute atomic E-state index is 4.26. The molecule has 0 atom stereocenters. The Kier molecular flexibility index (Phi) is 11.3. The van der Waals surface area contributed by atoms with Gasteiger partial charge in [-0.15, -0.1) is 0 Å². The first-order valence-electron chi connectivity index (χ1n) is 8.56. The van der Waals surface area contributed by atoms with Crippen molar-refractivity contribution >= 4 is 11.8 Å². The third-order valence-corrected chi connectivity index (χ3v) is 4.11. The number of benzene rings is 2. The van der Waals surface area contributed by atoms with Crippen molar-refractivity contribution in [3.8, 4) is 0 Å². The molecular formula is C24H27NS. The quantitative estimate of drug-likeness (QED) is 0.454. The number of nitrogens with zero attached hydrogens (tertiary/aromatic N) is 1. The molecule has 0 aliphatic rings. The fraction of sp³-hybridized carbons (Fsp3) is 0.125. The van der Waals surface area contributed by atoms with Crippen LogP contribution in [-0.2, 0) is 0 Å². The van der Waals surface area contributed by atoms with Crippen LogP contribution >= 0.6 is 11.8 Å². The van der Waals surface area contributed by atoms with Crippen LogP contribution in [0, 0.1) is 13.8 Å². The molecule has 0 N–H and O–H groups in total. The van der Waals surface area contributed by atoms with Crippen molar-refractivity contribution in [2.45, 2.75) is 30.7 Å². The molecule has 26 heavy (non-hydrogen) atoms. The van der Waals surface area contributed by atoms with Crippen LogP contribution < -0.4 is 0 Å². The van der Waals surface area contributed by atoms with Gasteiger partial charge in [-0.1, -0.05) is 96.2 Å². The summed E-state index contributed by atoms with van der Waals surface area (Å²) >= 11 is 1.69. The van der Waals surface area contributed by atoms with E-state index in [1.54, 1.807) is 17.8 Å². The fourth-order valence-corrected chi connectivity index (χ4v) is 2.58. The van der Waals surface area contributed by atoms with Gasteiger partial charge in [-0.25, -0.2) is 4.98 Å². The second-order valence-electron chi connectivity index (χ2n) is 5.50. The molecule has 1 heterocycles. The maximum Gasteiger partial charge on any atom is 0.101 e. The number of pyridine rings is 1. The Labute approximate surface area is 162 Å². The number of aromatic nitrogens is 1. The van der Waals surface area contributed by atoms with Crippen molar-refractivity contribution in [2.75, 3.05) is 0 Å². The van der Waals surface area contributed by atoms with Gasteiger partial charge < -0.3 is 0 Å². The van der Waals surface area contributed by atoms with E-state index in [0.717, 1.165) is 5.03 Å². The Morgan fingerprint density at radius 2 is 1.42 bits per heavy atom. The van der Waals surface area contributed by atoms with E-state index in [2.05, 4.69) is 61.8 Å². The zero-order valence-electron chi connectivity index (χ0n) is 15.8. The number of hydrogen-bond acceptors (Lipinski definition) is 2. The van der Waals surface area contributed by atoms with Crippen LogP contribution in [0.25, 0.3) is 0 Å². The van der Waals surface area contributed by atoms with Crippen LogP contribution in [0.15, 0.2) is 114 Å². The van der Waals surface area contributed by atoms with Crippen molar-refractivity contribution in [2.24, 2.45) is 0 Å². The molecule has 134 valence electrons. The second kappa shape index (κ2) is 13.7. The first kappa shape index (κ1) is 21.5. The lowest BCUT2D eigenvalue weighted by molar-refractivity contribution is 1.13. The van der Waals surface area contributed by atoms with E-state index >= 15 is 0 Å². The van der Waals surface area contributed by atoms with Crippen molar-refractivity contribution in [1.82, 2.24) is 4.98 Å². The highest BCUT2D eigenvalue weighted by Gasteiger charge is 1.96. The monoisotopic (exact) mass is 361 g/mol. The Morgan fingerprint density at radius 3 is 1.85 bits per heavy atom. The van der Waals surface area contributed by atoms with Gasteiger partial charge in [-0.3, -0.25) is 0 Å². The summed E-state index contributed by atoms with van der Waals surface area (Å²) in [6.45, 7) is 9.60. The first-order valence-corrected chi connectivity index (χ1v) is 9.38. The fourth-order valence-electron chi connectivity index (χ4n) is 1.80. The number of aryl methyl sites for hydroxylation is 2.